The van der Waals surface area contributed by atoms with E-state index in [4.69, 9.17) is 14.9 Å². The Balaban J connectivity index is 2.07. The van der Waals surface area contributed by atoms with Crippen LogP contribution in [0.3, 0.4) is 0 Å². The lowest BCUT2D eigenvalue weighted by Crippen LogP contribution is -2.38. The molecule has 0 bridgehead atoms. The Hall–Kier alpha value is -0.160. The lowest BCUT2D eigenvalue weighted by Gasteiger charge is -2.17. The molecule has 3 N–H and O–H groups in total. The molecule has 2 unspecified atom stereocenters. The second-order valence-corrected chi connectivity index (χ2v) is 3.44. The van der Waals surface area contributed by atoms with Crippen LogP contribution < -0.4 is 5.32 Å². The zero-order valence-electron chi connectivity index (χ0n) is 7.91. The van der Waals surface area contributed by atoms with Crippen molar-refractivity contribution in [2.24, 2.45) is 0 Å². The molecule has 0 amide bonds. The van der Waals surface area contributed by atoms with Gasteiger partial charge in [0.2, 0.25) is 0 Å². The molecule has 1 aliphatic rings. The van der Waals surface area contributed by atoms with Crippen LogP contribution in [-0.2, 0) is 4.74 Å². The van der Waals surface area contributed by atoms with E-state index in [1.165, 1.54) is 0 Å². The second kappa shape index (κ2) is 6.32. The van der Waals surface area contributed by atoms with Crippen LogP contribution >= 0.6 is 0 Å². The minimum absolute atomic E-state index is 0.00852. The summed E-state index contributed by atoms with van der Waals surface area (Å²) >= 11 is 0. The van der Waals surface area contributed by atoms with Gasteiger partial charge in [-0.2, -0.15) is 0 Å². The van der Waals surface area contributed by atoms with Crippen molar-refractivity contribution in [3.8, 4) is 0 Å². The summed E-state index contributed by atoms with van der Waals surface area (Å²) in [7, 11) is 0. The Bertz CT molecular complexity index is 126. The predicted molar refractivity (Wildman–Crippen MR) is 49.6 cm³/mol. The summed E-state index contributed by atoms with van der Waals surface area (Å²) in [6.45, 7) is 1.83. The maximum Gasteiger partial charge on any atom is 0.0700 e. The summed E-state index contributed by atoms with van der Waals surface area (Å²) in [6.07, 6.45) is 3.14. The third kappa shape index (κ3) is 4.04. The van der Waals surface area contributed by atoms with E-state index in [0.717, 1.165) is 26.0 Å². The van der Waals surface area contributed by atoms with Crippen molar-refractivity contribution in [2.45, 2.75) is 31.4 Å². The molecule has 0 radical (unpaired) electrons. The topological polar surface area (TPSA) is 61.7 Å². The van der Waals surface area contributed by atoms with E-state index in [0.29, 0.717) is 12.5 Å². The van der Waals surface area contributed by atoms with E-state index in [1.54, 1.807) is 0 Å². The minimum Gasteiger partial charge on any atom is -0.396 e. The lowest BCUT2D eigenvalue weighted by atomic mass is 10.2. The Kier molecular flexibility index (Phi) is 5.31. The van der Waals surface area contributed by atoms with E-state index in [1.807, 2.05) is 0 Å². The number of nitrogens with one attached hydrogen (secondary N) is 1. The SMILES string of the molecule is OCCC(CO)NCC1CCCO1. The van der Waals surface area contributed by atoms with Crippen LogP contribution in [-0.4, -0.2) is 48.7 Å². The molecular formula is C9H19NO3. The number of rotatable bonds is 6. The molecule has 0 aliphatic carbocycles. The Morgan fingerprint density at radius 3 is 2.85 bits per heavy atom. The third-order valence-electron chi connectivity index (χ3n) is 2.36. The summed E-state index contributed by atoms with van der Waals surface area (Å²) in [4.78, 5) is 0. The van der Waals surface area contributed by atoms with Crippen LogP contribution in [0.15, 0.2) is 0 Å². The first-order valence-electron chi connectivity index (χ1n) is 4.93. The number of ether oxygens (including phenoxy) is 1. The maximum atomic E-state index is 8.92. The van der Waals surface area contributed by atoms with Crippen molar-refractivity contribution in [3.05, 3.63) is 0 Å². The highest BCUT2D eigenvalue weighted by Crippen LogP contribution is 2.10. The summed E-state index contributed by atoms with van der Waals surface area (Å²) < 4.78 is 5.42. The van der Waals surface area contributed by atoms with Gasteiger partial charge in [0.05, 0.1) is 12.7 Å². The fraction of sp³-hybridized carbons (Fsp3) is 1.00. The van der Waals surface area contributed by atoms with Crippen molar-refractivity contribution in [2.75, 3.05) is 26.4 Å². The molecule has 0 aromatic rings. The van der Waals surface area contributed by atoms with Gasteiger partial charge >= 0.3 is 0 Å². The van der Waals surface area contributed by atoms with Gasteiger partial charge in [-0.15, -0.1) is 0 Å². The Morgan fingerprint density at radius 2 is 2.31 bits per heavy atom. The number of hydrogen-bond acceptors (Lipinski definition) is 4. The summed E-state index contributed by atoms with van der Waals surface area (Å²) in [6, 6.07) is 0.00852. The normalized spacial score (nSPS) is 24.9. The van der Waals surface area contributed by atoms with Crippen molar-refractivity contribution in [1.29, 1.82) is 0 Å². The van der Waals surface area contributed by atoms with Crippen molar-refractivity contribution < 1.29 is 14.9 Å². The molecule has 78 valence electrons. The molecule has 0 aromatic heterocycles. The number of aliphatic hydroxyl groups is 2. The van der Waals surface area contributed by atoms with Crippen LogP contribution in [0.2, 0.25) is 0 Å². The van der Waals surface area contributed by atoms with E-state index in [-0.39, 0.29) is 19.3 Å². The standard InChI is InChI=1S/C9H19NO3/c11-4-3-8(7-12)10-6-9-2-1-5-13-9/h8-12H,1-7H2. The molecular weight excluding hydrogens is 170 g/mol. The van der Waals surface area contributed by atoms with Crippen LogP contribution in [0, 0.1) is 0 Å². The molecule has 1 aliphatic heterocycles. The quantitative estimate of drug-likeness (QED) is 0.527. The first-order valence-corrected chi connectivity index (χ1v) is 4.93. The van der Waals surface area contributed by atoms with E-state index >= 15 is 0 Å². The molecule has 13 heavy (non-hydrogen) atoms. The third-order valence-corrected chi connectivity index (χ3v) is 2.36. The zero-order chi connectivity index (χ0) is 9.52. The average Bonchev–Trinajstić information content (AvgIpc) is 2.64. The van der Waals surface area contributed by atoms with Gasteiger partial charge in [-0.25, -0.2) is 0 Å². The van der Waals surface area contributed by atoms with E-state index in [2.05, 4.69) is 5.32 Å². The molecule has 0 aromatic carbocycles. The van der Waals surface area contributed by atoms with Crippen LogP contribution in [0.25, 0.3) is 0 Å². The van der Waals surface area contributed by atoms with E-state index < -0.39 is 0 Å². The molecule has 0 spiro atoms. The highest BCUT2D eigenvalue weighted by Gasteiger charge is 2.16. The van der Waals surface area contributed by atoms with Gasteiger partial charge in [-0.05, 0) is 19.3 Å². The van der Waals surface area contributed by atoms with Crippen LogP contribution in [0.4, 0.5) is 0 Å². The predicted octanol–water partition coefficient (Wildman–Crippen LogP) is -0.502. The van der Waals surface area contributed by atoms with Crippen molar-refractivity contribution in [3.63, 3.8) is 0 Å². The zero-order valence-corrected chi connectivity index (χ0v) is 7.91. The highest BCUT2D eigenvalue weighted by atomic mass is 16.5. The highest BCUT2D eigenvalue weighted by molar-refractivity contribution is 4.72. The lowest BCUT2D eigenvalue weighted by molar-refractivity contribution is 0.101. The first-order chi connectivity index (χ1) is 6.36. The second-order valence-electron chi connectivity index (χ2n) is 3.44. The average molecular weight is 189 g/mol. The van der Waals surface area contributed by atoms with E-state index in [9.17, 15) is 0 Å². The first kappa shape index (κ1) is 10.9. The van der Waals surface area contributed by atoms with Gasteiger partial charge in [-0.1, -0.05) is 0 Å². The monoisotopic (exact) mass is 189 g/mol. The molecule has 1 rings (SSSR count). The molecule has 1 saturated heterocycles. The Morgan fingerprint density at radius 1 is 1.46 bits per heavy atom. The molecule has 4 heteroatoms. The molecule has 0 saturated carbocycles. The van der Waals surface area contributed by atoms with Crippen molar-refractivity contribution in [1.82, 2.24) is 5.32 Å². The van der Waals surface area contributed by atoms with Gasteiger partial charge < -0.3 is 20.3 Å². The minimum atomic E-state index is 0.00852. The van der Waals surface area contributed by atoms with Gasteiger partial charge in [0.25, 0.3) is 0 Å². The van der Waals surface area contributed by atoms with Gasteiger partial charge in [0, 0.05) is 25.8 Å². The van der Waals surface area contributed by atoms with Crippen LogP contribution in [0.1, 0.15) is 19.3 Å². The fourth-order valence-corrected chi connectivity index (χ4v) is 1.52. The molecule has 1 fully saturated rings. The molecule has 2 atom stereocenters. The summed E-state index contributed by atoms with van der Waals surface area (Å²) in [5.74, 6) is 0. The van der Waals surface area contributed by atoms with Gasteiger partial charge in [0.1, 0.15) is 0 Å². The number of hydrogen-bond donors (Lipinski definition) is 3. The number of aliphatic hydroxyl groups excluding tert-OH is 2. The fourth-order valence-electron chi connectivity index (χ4n) is 1.52. The van der Waals surface area contributed by atoms with Gasteiger partial charge in [-0.3, -0.25) is 0 Å². The van der Waals surface area contributed by atoms with Crippen molar-refractivity contribution >= 4 is 0 Å². The Labute approximate surface area is 78.9 Å². The molecule has 4 nitrogen and oxygen atoms in total. The van der Waals surface area contributed by atoms with Gasteiger partial charge in [0.15, 0.2) is 0 Å². The summed E-state index contributed by atoms with van der Waals surface area (Å²) in [5, 5.41) is 20.8. The largest absolute Gasteiger partial charge is 0.396 e. The van der Waals surface area contributed by atoms with Crippen LogP contribution in [0.5, 0.6) is 0 Å². The smallest absolute Gasteiger partial charge is 0.0700 e. The summed E-state index contributed by atoms with van der Waals surface area (Å²) in [5.41, 5.74) is 0. The maximum absolute atomic E-state index is 8.92. The molecule has 1 heterocycles.